The van der Waals surface area contributed by atoms with E-state index in [-0.39, 0.29) is 17.7 Å². The van der Waals surface area contributed by atoms with Gasteiger partial charge in [0.15, 0.2) is 0 Å². The quantitative estimate of drug-likeness (QED) is 0.866. The number of amides is 1. The molecule has 3 aliphatic rings. The third-order valence-corrected chi connectivity index (χ3v) is 5.78. The number of rotatable bonds is 3. The molecule has 138 valence electrons. The van der Waals surface area contributed by atoms with Gasteiger partial charge < -0.3 is 15.0 Å². The van der Waals surface area contributed by atoms with Gasteiger partial charge in [-0.1, -0.05) is 11.6 Å². The fraction of sp³-hybridized carbons (Fsp3) is 0.474. The van der Waals surface area contributed by atoms with Gasteiger partial charge in [-0.25, -0.2) is 4.98 Å². The van der Waals surface area contributed by atoms with Gasteiger partial charge in [0.05, 0.1) is 17.6 Å². The number of carbonyl (C=O) groups is 1. The van der Waals surface area contributed by atoms with Gasteiger partial charge in [-0.3, -0.25) is 9.69 Å². The molecule has 2 aromatic rings. The summed E-state index contributed by atoms with van der Waals surface area (Å²) in [5.74, 6) is 0.296. The SMILES string of the molecule is Cc1[nH]cnc1CN1C[C@H]2CC[C@@H](C1)N(C(=O)c1ccc(Cl)cc1O)C2. The second-order valence-electron chi connectivity index (χ2n) is 7.38. The zero-order valence-electron chi connectivity index (χ0n) is 14.8. The molecule has 6 nitrogen and oxygen atoms in total. The van der Waals surface area contributed by atoms with E-state index in [0.29, 0.717) is 16.5 Å². The molecule has 3 saturated heterocycles. The van der Waals surface area contributed by atoms with Gasteiger partial charge >= 0.3 is 0 Å². The number of benzene rings is 1. The maximum Gasteiger partial charge on any atom is 0.257 e. The number of nitrogens with one attached hydrogen (secondary N) is 1. The van der Waals surface area contributed by atoms with Crippen LogP contribution in [-0.4, -0.2) is 56.5 Å². The first-order valence-electron chi connectivity index (χ1n) is 9.02. The van der Waals surface area contributed by atoms with Gasteiger partial charge in [0, 0.05) is 42.9 Å². The number of H-pyrrole nitrogens is 1. The first kappa shape index (κ1) is 17.4. The number of carbonyl (C=O) groups excluding carboxylic acids is 1. The molecule has 2 atom stereocenters. The summed E-state index contributed by atoms with van der Waals surface area (Å²) in [5, 5.41) is 10.6. The van der Waals surface area contributed by atoms with Crippen molar-refractivity contribution in [1.29, 1.82) is 0 Å². The smallest absolute Gasteiger partial charge is 0.257 e. The number of piperidine rings is 1. The van der Waals surface area contributed by atoms with Crippen LogP contribution in [0, 0.1) is 12.8 Å². The van der Waals surface area contributed by atoms with Crippen molar-refractivity contribution in [1.82, 2.24) is 19.8 Å². The number of aromatic amines is 1. The van der Waals surface area contributed by atoms with Crippen LogP contribution in [-0.2, 0) is 6.54 Å². The summed E-state index contributed by atoms with van der Waals surface area (Å²) >= 11 is 5.90. The molecule has 26 heavy (non-hydrogen) atoms. The minimum Gasteiger partial charge on any atom is -0.507 e. The van der Waals surface area contributed by atoms with Crippen molar-refractivity contribution in [2.45, 2.75) is 32.4 Å². The summed E-state index contributed by atoms with van der Waals surface area (Å²) in [5.41, 5.74) is 2.50. The van der Waals surface area contributed by atoms with E-state index in [1.165, 1.54) is 6.07 Å². The molecule has 1 amide bonds. The number of hydrogen-bond donors (Lipinski definition) is 2. The van der Waals surface area contributed by atoms with Crippen LogP contribution in [0.1, 0.15) is 34.6 Å². The fourth-order valence-electron chi connectivity index (χ4n) is 4.16. The maximum atomic E-state index is 13.0. The normalized spacial score (nSPS) is 23.2. The highest BCUT2D eigenvalue weighted by Gasteiger charge is 2.38. The summed E-state index contributed by atoms with van der Waals surface area (Å²) < 4.78 is 0. The van der Waals surface area contributed by atoms with E-state index >= 15 is 0 Å². The average Bonchev–Trinajstić information content (AvgIpc) is 2.81. The lowest BCUT2D eigenvalue weighted by Gasteiger charge is -2.36. The van der Waals surface area contributed by atoms with Gasteiger partial charge in [0.1, 0.15) is 5.75 Å². The second kappa shape index (κ2) is 6.93. The lowest BCUT2D eigenvalue weighted by molar-refractivity contribution is 0.0582. The minimum absolute atomic E-state index is 0.0494. The molecule has 2 N–H and O–H groups in total. The molecule has 1 aromatic carbocycles. The monoisotopic (exact) mass is 374 g/mol. The van der Waals surface area contributed by atoms with Crippen LogP contribution >= 0.6 is 11.6 Å². The third-order valence-electron chi connectivity index (χ3n) is 5.55. The number of halogens is 1. The van der Waals surface area contributed by atoms with Crippen molar-refractivity contribution >= 4 is 17.5 Å². The average molecular weight is 375 g/mol. The number of hydrogen-bond acceptors (Lipinski definition) is 4. The molecule has 2 bridgehead atoms. The van der Waals surface area contributed by atoms with Crippen molar-refractivity contribution in [3.05, 3.63) is 46.5 Å². The second-order valence-corrected chi connectivity index (χ2v) is 7.82. The summed E-state index contributed by atoms with van der Waals surface area (Å²) in [4.78, 5) is 24.9. The molecule has 0 spiro atoms. The Labute approximate surface area is 157 Å². The first-order chi connectivity index (χ1) is 12.5. The molecule has 0 radical (unpaired) electrons. The van der Waals surface area contributed by atoms with Gasteiger partial charge in [-0.05, 0) is 43.9 Å². The minimum atomic E-state index is -0.105. The van der Waals surface area contributed by atoms with Gasteiger partial charge in [-0.15, -0.1) is 0 Å². The lowest BCUT2D eigenvalue weighted by atomic mass is 9.94. The molecular formula is C19H23ClN4O2. The molecule has 3 fully saturated rings. The standard InChI is InChI=1S/C19H23ClN4O2/c1-12-17(22-11-21-12)10-23-7-13-2-4-15(9-23)24(8-13)19(26)16-5-3-14(20)6-18(16)25/h3,5-6,11,13,15,25H,2,4,7-10H2,1H3,(H,21,22)/t13-,15+/m1/s1. The number of phenolic OH excluding ortho intramolecular Hbond substituents is 1. The Morgan fingerprint density at radius 1 is 1.35 bits per heavy atom. The molecule has 1 aromatic heterocycles. The number of nitrogens with zero attached hydrogens (tertiary/aromatic N) is 3. The highest BCUT2D eigenvalue weighted by atomic mass is 35.5. The number of fused-ring (bicyclic) bond motifs is 4. The summed E-state index contributed by atoms with van der Waals surface area (Å²) in [6.07, 6.45) is 3.87. The summed E-state index contributed by atoms with van der Waals surface area (Å²) in [6.45, 7) is 5.38. The Bertz CT molecular complexity index is 822. The van der Waals surface area contributed by atoms with E-state index in [1.54, 1.807) is 18.5 Å². The predicted octanol–water partition coefficient (Wildman–Crippen LogP) is 2.81. The van der Waals surface area contributed by atoms with Crippen molar-refractivity contribution in [3.8, 4) is 5.75 Å². The molecule has 5 rings (SSSR count). The molecule has 0 saturated carbocycles. The van der Waals surface area contributed by atoms with E-state index in [9.17, 15) is 9.90 Å². The number of imidazole rings is 1. The van der Waals surface area contributed by atoms with Crippen LogP contribution in [0.3, 0.4) is 0 Å². The zero-order chi connectivity index (χ0) is 18.3. The Hall–Kier alpha value is -2.05. The molecule has 7 heteroatoms. The van der Waals surface area contributed by atoms with Crippen LogP contribution in [0.15, 0.2) is 24.5 Å². The van der Waals surface area contributed by atoms with E-state index in [0.717, 1.165) is 50.4 Å². The maximum absolute atomic E-state index is 13.0. The van der Waals surface area contributed by atoms with Crippen LogP contribution in [0.2, 0.25) is 5.02 Å². The lowest BCUT2D eigenvalue weighted by Crippen LogP contribution is -2.47. The third kappa shape index (κ3) is 3.31. The van der Waals surface area contributed by atoms with E-state index in [1.807, 2.05) is 11.8 Å². The Kier molecular flexibility index (Phi) is 4.63. The van der Waals surface area contributed by atoms with Crippen LogP contribution in [0.25, 0.3) is 0 Å². The molecule has 4 heterocycles. The number of phenols is 1. The Morgan fingerprint density at radius 3 is 2.92 bits per heavy atom. The first-order valence-corrected chi connectivity index (χ1v) is 9.39. The summed E-state index contributed by atoms with van der Waals surface area (Å²) in [6, 6.07) is 4.86. The van der Waals surface area contributed by atoms with Crippen LogP contribution in [0.5, 0.6) is 5.75 Å². The van der Waals surface area contributed by atoms with Crippen molar-refractivity contribution in [3.63, 3.8) is 0 Å². The highest BCUT2D eigenvalue weighted by molar-refractivity contribution is 6.30. The zero-order valence-corrected chi connectivity index (χ0v) is 15.5. The number of aromatic hydroxyl groups is 1. The van der Waals surface area contributed by atoms with E-state index < -0.39 is 0 Å². The van der Waals surface area contributed by atoms with Crippen LogP contribution < -0.4 is 0 Å². The van der Waals surface area contributed by atoms with Gasteiger partial charge in [0.2, 0.25) is 0 Å². The molecule has 0 aliphatic carbocycles. The van der Waals surface area contributed by atoms with E-state index in [2.05, 4.69) is 14.9 Å². The molecule has 3 aliphatic heterocycles. The van der Waals surface area contributed by atoms with Crippen molar-refractivity contribution < 1.29 is 9.90 Å². The topological polar surface area (TPSA) is 72.5 Å². The van der Waals surface area contributed by atoms with Crippen molar-refractivity contribution in [2.75, 3.05) is 19.6 Å². The largest absolute Gasteiger partial charge is 0.507 e. The molecular weight excluding hydrogens is 352 g/mol. The van der Waals surface area contributed by atoms with E-state index in [4.69, 9.17) is 11.6 Å². The Morgan fingerprint density at radius 2 is 2.19 bits per heavy atom. The van der Waals surface area contributed by atoms with Gasteiger partial charge in [0.25, 0.3) is 5.91 Å². The van der Waals surface area contributed by atoms with Crippen LogP contribution in [0.4, 0.5) is 0 Å². The summed E-state index contributed by atoms with van der Waals surface area (Å²) in [7, 11) is 0. The fourth-order valence-corrected chi connectivity index (χ4v) is 4.32. The van der Waals surface area contributed by atoms with Gasteiger partial charge in [-0.2, -0.15) is 0 Å². The molecule has 0 unspecified atom stereocenters. The number of aryl methyl sites for hydroxylation is 1. The Balaban J connectivity index is 1.53. The predicted molar refractivity (Wildman–Crippen MR) is 99.3 cm³/mol. The highest BCUT2D eigenvalue weighted by Crippen LogP contribution is 2.32. The van der Waals surface area contributed by atoms with Crippen molar-refractivity contribution in [2.24, 2.45) is 5.92 Å². The number of aromatic nitrogens is 2.